The average molecular weight is 343 g/mol. The first-order valence-corrected chi connectivity index (χ1v) is 9.41. The summed E-state index contributed by atoms with van der Waals surface area (Å²) in [6.45, 7) is 15.2. The van der Waals surface area contributed by atoms with Crippen molar-refractivity contribution < 1.29 is 9.47 Å². The molecule has 6 nitrogen and oxygen atoms in total. The molecule has 0 aromatic rings. The molecule has 0 aliphatic carbocycles. The van der Waals surface area contributed by atoms with Gasteiger partial charge >= 0.3 is 0 Å². The van der Waals surface area contributed by atoms with Crippen LogP contribution in [0.4, 0.5) is 0 Å². The fraction of sp³-hybridized carbons (Fsp3) is 0.944. The monoisotopic (exact) mass is 342 g/mol. The summed E-state index contributed by atoms with van der Waals surface area (Å²) >= 11 is 0. The van der Waals surface area contributed by atoms with E-state index >= 15 is 0 Å². The number of guanidine groups is 1. The van der Waals surface area contributed by atoms with E-state index in [1.807, 2.05) is 0 Å². The number of aliphatic imine (C=N–C) groups is 1. The lowest BCUT2D eigenvalue weighted by atomic mass is 10.1. The molecule has 0 radical (unpaired) electrons. The van der Waals surface area contributed by atoms with Crippen LogP contribution < -0.4 is 10.6 Å². The highest BCUT2D eigenvalue weighted by Crippen LogP contribution is 2.10. The van der Waals surface area contributed by atoms with Crippen LogP contribution in [0.3, 0.4) is 0 Å². The van der Waals surface area contributed by atoms with Gasteiger partial charge in [0.2, 0.25) is 0 Å². The highest BCUT2D eigenvalue weighted by atomic mass is 16.5. The predicted octanol–water partition coefficient (Wildman–Crippen LogP) is 1.71. The Kier molecular flexibility index (Phi) is 11.0. The summed E-state index contributed by atoms with van der Waals surface area (Å²) in [4.78, 5) is 6.73. The van der Waals surface area contributed by atoms with Crippen molar-refractivity contribution in [2.75, 3.05) is 53.0 Å². The zero-order valence-electron chi connectivity index (χ0n) is 16.3. The number of hydrogen-bond donors (Lipinski definition) is 2. The molecule has 1 rings (SSSR count). The molecule has 1 fully saturated rings. The highest BCUT2D eigenvalue weighted by Gasteiger charge is 2.21. The van der Waals surface area contributed by atoms with E-state index in [0.717, 1.165) is 64.7 Å². The van der Waals surface area contributed by atoms with Crippen molar-refractivity contribution in [3.63, 3.8) is 0 Å². The van der Waals surface area contributed by atoms with E-state index in [0.29, 0.717) is 18.1 Å². The normalized spacial score (nSPS) is 22.8. The van der Waals surface area contributed by atoms with Crippen molar-refractivity contribution in [3.8, 4) is 0 Å². The molecule has 2 N–H and O–H groups in total. The topological polar surface area (TPSA) is 58.1 Å². The first-order chi connectivity index (χ1) is 11.5. The Hall–Kier alpha value is -0.850. The summed E-state index contributed by atoms with van der Waals surface area (Å²) < 4.78 is 11.4. The average Bonchev–Trinajstić information content (AvgIpc) is 2.51. The van der Waals surface area contributed by atoms with E-state index in [2.05, 4.69) is 48.2 Å². The molecule has 0 bridgehead atoms. The molecule has 1 saturated heterocycles. The molecule has 0 spiro atoms. The fourth-order valence-corrected chi connectivity index (χ4v) is 2.86. The molecule has 6 heteroatoms. The Labute approximate surface area is 148 Å². The lowest BCUT2D eigenvalue weighted by Crippen LogP contribution is -2.46. The van der Waals surface area contributed by atoms with Crippen LogP contribution in [0.15, 0.2) is 4.99 Å². The van der Waals surface area contributed by atoms with E-state index in [9.17, 15) is 0 Å². The van der Waals surface area contributed by atoms with Crippen molar-refractivity contribution in [1.82, 2.24) is 15.5 Å². The van der Waals surface area contributed by atoms with E-state index in [1.54, 1.807) is 7.05 Å². The highest BCUT2D eigenvalue weighted by molar-refractivity contribution is 5.79. The zero-order chi connectivity index (χ0) is 17.8. The van der Waals surface area contributed by atoms with Crippen molar-refractivity contribution in [2.45, 2.75) is 52.7 Å². The Balaban J connectivity index is 2.03. The molecule has 24 heavy (non-hydrogen) atoms. The number of nitrogens with zero attached hydrogens (tertiary/aromatic N) is 2. The lowest BCUT2D eigenvalue weighted by Gasteiger charge is -2.35. The van der Waals surface area contributed by atoms with Crippen molar-refractivity contribution in [3.05, 3.63) is 0 Å². The summed E-state index contributed by atoms with van der Waals surface area (Å²) in [6, 6.07) is 0. The Bertz CT molecular complexity index is 340. The second-order valence-electron chi connectivity index (χ2n) is 7.09. The molecular weight excluding hydrogens is 304 g/mol. The number of rotatable bonds is 10. The molecule has 1 heterocycles. The molecule has 1 aliphatic heterocycles. The second-order valence-corrected chi connectivity index (χ2v) is 7.09. The molecule has 0 aromatic heterocycles. The van der Waals surface area contributed by atoms with Gasteiger partial charge in [-0.2, -0.15) is 0 Å². The van der Waals surface area contributed by atoms with Gasteiger partial charge in [-0.15, -0.1) is 0 Å². The third-order valence-corrected chi connectivity index (χ3v) is 4.04. The number of hydrogen-bond acceptors (Lipinski definition) is 4. The maximum absolute atomic E-state index is 5.77. The summed E-state index contributed by atoms with van der Waals surface area (Å²) in [5, 5.41) is 6.66. The van der Waals surface area contributed by atoms with Crippen LogP contribution in [0.25, 0.3) is 0 Å². The minimum Gasteiger partial charge on any atom is -0.380 e. The largest absolute Gasteiger partial charge is 0.380 e. The third kappa shape index (κ3) is 10.1. The summed E-state index contributed by atoms with van der Waals surface area (Å²) in [5.74, 6) is 1.55. The lowest BCUT2D eigenvalue weighted by molar-refractivity contribution is -0.0679. The predicted molar refractivity (Wildman–Crippen MR) is 101 cm³/mol. The van der Waals surface area contributed by atoms with Gasteiger partial charge in [0.05, 0.1) is 18.8 Å². The smallest absolute Gasteiger partial charge is 0.191 e. The van der Waals surface area contributed by atoms with Crippen LogP contribution in [-0.4, -0.2) is 76.1 Å². The Morgan fingerprint density at radius 2 is 1.83 bits per heavy atom. The van der Waals surface area contributed by atoms with Gasteiger partial charge in [0, 0.05) is 46.4 Å². The van der Waals surface area contributed by atoms with E-state index in [-0.39, 0.29) is 0 Å². The van der Waals surface area contributed by atoms with Crippen molar-refractivity contribution in [2.24, 2.45) is 10.9 Å². The second kappa shape index (κ2) is 12.5. The summed E-state index contributed by atoms with van der Waals surface area (Å²) in [7, 11) is 1.81. The molecule has 1 aliphatic rings. The van der Waals surface area contributed by atoms with Crippen LogP contribution in [0.5, 0.6) is 0 Å². The molecule has 0 saturated carbocycles. The minimum atomic E-state index is 0.340. The summed E-state index contributed by atoms with van der Waals surface area (Å²) in [5.41, 5.74) is 0. The summed E-state index contributed by atoms with van der Waals surface area (Å²) in [6.07, 6.45) is 2.90. The number of ether oxygens (including phenoxy) is 2. The van der Waals surface area contributed by atoms with Gasteiger partial charge in [0.15, 0.2) is 5.96 Å². The molecule has 142 valence electrons. The van der Waals surface area contributed by atoms with Crippen molar-refractivity contribution >= 4 is 5.96 Å². The molecule has 0 aromatic carbocycles. The molecule has 2 atom stereocenters. The molecule has 0 amide bonds. The van der Waals surface area contributed by atoms with E-state index in [1.165, 1.54) is 0 Å². The van der Waals surface area contributed by atoms with Crippen LogP contribution in [0.1, 0.15) is 40.5 Å². The maximum Gasteiger partial charge on any atom is 0.191 e. The quantitative estimate of drug-likeness (QED) is 0.360. The van der Waals surface area contributed by atoms with Crippen LogP contribution in [-0.2, 0) is 9.47 Å². The van der Waals surface area contributed by atoms with E-state index in [4.69, 9.17) is 9.47 Å². The van der Waals surface area contributed by atoms with E-state index < -0.39 is 0 Å². The Morgan fingerprint density at radius 1 is 1.17 bits per heavy atom. The SMILES string of the molecule is CN=C(NCCCN1CC(C)OC(C)C1)NCCOCCC(C)C. The standard InChI is InChI=1S/C18H38N4O2/c1-15(2)7-11-23-12-9-21-18(19-5)20-8-6-10-22-13-16(3)24-17(4)14-22/h15-17H,6-14H2,1-5H3,(H2,19,20,21). The van der Waals surface area contributed by atoms with Gasteiger partial charge in [0.25, 0.3) is 0 Å². The van der Waals surface area contributed by atoms with Gasteiger partial charge in [0.1, 0.15) is 0 Å². The van der Waals surface area contributed by atoms with Gasteiger partial charge in [-0.05, 0) is 32.6 Å². The van der Waals surface area contributed by atoms with Crippen LogP contribution in [0.2, 0.25) is 0 Å². The fourth-order valence-electron chi connectivity index (χ4n) is 2.86. The molecular formula is C18H38N4O2. The first kappa shape index (κ1) is 21.2. The zero-order valence-corrected chi connectivity index (χ0v) is 16.3. The van der Waals surface area contributed by atoms with Gasteiger partial charge in [-0.3, -0.25) is 9.89 Å². The maximum atomic E-state index is 5.77. The number of morpholine rings is 1. The first-order valence-electron chi connectivity index (χ1n) is 9.41. The Morgan fingerprint density at radius 3 is 2.46 bits per heavy atom. The van der Waals surface area contributed by atoms with Crippen LogP contribution in [0, 0.1) is 5.92 Å². The molecule has 2 unspecified atom stereocenters. The number of nitrogens with one attached hydrogen (secondary N) is 2. The minimum absolute atomic E-state index is 0.340. The van der Waals surface area contributed by atoms with Gasteiger partial charge in [-0.1, -0.05) is 13.8 Å². The third-order valence-electron chi connectivity index (χ3n) is 4.04. The van der Waals surface area contributed by atoms with Gasteiger partial charge in [-0.25, -0.2) is 0 Å². The van der Waals surface area contributed by atoms with Crippen LogP contribution >= 0.6 is 0 Å². The van der Waals surface area contributed by atoms with Crippen molar-refractivity contribution in [1.29, 1.82) is 0 Å². The van der Waals surface area contributed by atoms with Gasteiger partial charge < -0.3 is 20.1 Å².